The normalized spacial score (nSPS) is 9.64. The van der Waals surface area contributed by atoms with E-state index in [9.17, 15) is 4.79 Å². The van der Waals surface area contributed by atoms with Gasteiger partial charge in [0.15, 0.2) is 0 Å². The van der Waals surface area contributed by atoms with Crippen molar-refractivity contribution in [1.29, 1.82) is 0 Å². The third-order valence-electron chi connectivity index (χ3n) is 0.991. The van der Waals surface area contributed by atoms with Crippen molar-refractivity contribution in [2.45, 2.75) is 13.3 Å². The highest BCUT2D eigenvalue weighted by atomic mass is 32.2. The Kier molecular flexibility index (Phi) is 7.72. The lowest BCUT2D eigenvalue weighted by Gasteiger charge is -1.99. The van der Waals surface area contributed by atoms with Gasteiger partial charge in [-0.2, -0.15) is 11.8 Å². The fourth-order valence-electron chi connectivity index (χ4n) is 0.555. The molecule has 0 bridgehead atoms. The summed E-state index contributed by atoms with van der Waals surface area (Å²) in [6.07, 6.45) is 0.443. The topological polar surface area (TPSA) is 46.5 Å². The summed E-state index contributed by atoms with van der Waals surface area (Å²) in [6, 6.07) is 0. The molecule has 0 aromatic heterocycles. The van der Waals surface area contributed by atoms with E-state index in [0.29, 0.717) is 18.8 Å². The first-order chi connectivity index (χ1) is 5.31. The zero-order valence-electron chi connectivity index (χ0n) is 6.71. The predicted molar refractivity (Wildman–Crippen MR) is 45.7 cm³/mol. The van der Waals surface area contributed by atoms with E-state index in [4.69, 9.17) is 9.84 Å². The van der Waals surface area contributed by atoms with Crippen molar-refractivity contribution in [3.05, 3.63) is 0 Å². The molecule has 0 fully saturated rings. The molecule has 66 valence electrons. The quantitative estimate of drug-likeness (QED) is 0.479. The van der Waals surface area contributed by atoms with E-state index in [1.54, 1.807) is 18.7 Å². The predicted octanol–water partition coefficient (Wildman–Crippen LogP) is 0.665. The lowest BCUT2D eigenvalue weighted by Crippen LogP contribution is -2.05. The first-order valence-corrected chi connectivity index (χ1v) is 4.81. The van der Waals surface area contributed by atoms with Crippen LogP contribution in [0.25, 0.3) is 0 Å². The maximum atomic E-state index is 10.7. The average Bonchev–Trinajstić information content (AvgIpc) is 1.99. The SMILES string of the molecule is CCOC(=O)CCSCCO. The van der Waals surface area contributed by atoms with Crippen LogP contribution in [0.2, 0.25) is 0 Å². The van der Waals surface area contributed by atoms with Crippen LogP contribution >= 0.6 is 11.8 Å². The van der Waals surface area contributed by atoms with Crippen molar-refractivity contribution in [2.75, 3.05) is 24.7 Å². The van der Waals surface area contributed by atoms with Crippen LogP contribution in [0.5, 0.6) is 0 Å². The molecule has 0 aromatic carbocycles. The third-order valence-corrected chi connectivity index (χ3v) is 1.96. The van der Waals surface area contributed by atoms with Crippen molar-refractivity contribution in [2.24, 2.45) is 0 Å². The minimum absolute atomic E-state index is 0.155. The Labute approximate surface area is 71.1 Å². The summed E-state index contributed by atoms with van der Waals surface area (Å²) in [7, 11) is 0. The number of esters is 1. The van der Waals surface area contributed by atoms with E-state index in [0.717, 1.165) is 5.75 Å². The molecule has 0 radical (unpaired) electrons. The molecule has 0 aliphatic heterocycles. The van der Waals surface area contributed by atoms with Crippen LogP contribution in [0.3, 0.4) is 0 Å². The van der Waals surface area contributed by atoms with Crippen LogP contribution in [0.4, 0.5) is 0 Å². The van der Waals surface area contributed by atoms with E-state index in [1.165, 1.54) is 0 Å². The standard InChI is InChI=1S/C7H14O3S/c1-2-10-7(9)3-5-11-6-4-8/h8H,2-6H2,1H3. The number of ether oxygens (including phenoxy) is 1. The van der Waals surface area contributed by atoms with Crippen molar-refractivity contribution in [3.63, 3.8) is 0 Å². The van der Waals surface area contributed by atoms with Crippen LogP contribution in [-0.4, -0.2) is 35.8 Å². The van der Waals surface area contributed by atoms with Gasteiger partial charge in [0.05, 0.1) is 19.6 Å². The first-order valence-electron chi connectivity index (χ1n) is 3.65. The Morgan fingerprint density at radius 1 is 1.55 bits per heavy atom. The lowest BCUT2D eigenvalue weighted by molar-refractivity contribution is -0.142. The Morgan fingerprint density at radius 2 is 2.27 bits per heavy atom. The highest BCUT2D eigenvalue weighted by Gasteiger charge is 1.99. The zero-order chi connectivity index (χ0) is 8.53. The summed E-state index contributed by atoms with van der Waals surface area (Å²) >= 11 is 1.56. The molecule has 0 saturated heterocycles. The van der Waals surface area contributed by atoms with E-state index >= 15 is 0 Å². The Bertz CT molecular complexity index is 106. The molecular formula is C7H14O3S. The molecule has 0 rings (SSSR count). The van der Waals surface area contributed by atoms with Gasteiger partial charge in [-0.3, -0.25) is 4.79 Å². The number of thioether (sulfide) groups is 1. The molecule has 0 unspecified atom stereocenters. The second kappa shape index (κ2) is 7.88. The van der Waals surface area contributed by atoms with Crippen LogP contribution in [0.1, 0.15) is 13.3 Å². The van der Waals surface area contributed by atoms with Gasteiger partial charge in [0, 0.05) is 11.5 Å². The number of carbonyl (C=O) groups excluding carboxylic acids is 1. The highest BCUT2D eigenvalue weighted by Crippen LogP contribution is 2.01. The van der Waals surface area contributed by atoms with Gasteiger partial charge in [-0.1, -0.05) is 0 Å². The maximum absolute atomic E-state index is 10.7. The monoisotopic (exact) mass is 178 g/mol. The molecule has 11 heavy (non-hydrogen) atoms. The third kappa shape index (κ3) is 7.68. The van der Waals surface area contributed by atoms with Gasteiger partial charge in [-0.25, -0.2) is 0 Å². The van der Waals surface area contributed by atoms with Crippen LogP contribution in [-0.2, 0) is 9.53 Å². The molecule has 0 amide bonds. The maximum Gasteiger partial charge on any atom is 0.306 e. The molecule has 1 N–H and O–H groups in total. The summed E-state index contributed by atoms with van der Waals surface area (Å²) in [5.74, 6) is 1.27. The zero-order valence-corrected chi connectivity index (χ0v) is 7.52. The Balaban J connectivity index is 3.04. The van der Waals surface area contributed by atoms with Gasteiger partial charge in [-0.15, -0.1) is 0 Å². The fraction of sp³-hybridized carbons (Fsp3) is 0.857. The van der Waals surface area contributed by atoms with Gasteiger partial charge in [-0.05, 0) is 6.92 Å². The fourth-order valence-corrected chi connectivity index (χ4v) is 1.20. The molecule has 0 spiro atoms. The summed E-state index contributed by atoms with van der Waals surface area (Å²) in [5.41, 5.74) is 0. The molecule has 0 aliphatic carbocycles. The number of hydrogen-bond donors (Lipinski definition) is 1. The summed E-state index contributed by atoms with van der Waals surface area (Å²) < 4.78 is 4.71. The molecule has 0 aromatic rings. The average molecular weight is 178 g/mol. The number of hydrogen-bond acceptors (Lipinski definition) is 4. The summed E-state index contributed by atoms with van der Waals surface area (Å²) in [5, 5.41) is 8.40. The summed E-state index contributed by atoms with van der Waals surface area (Å²) in [4.78, 5) is 10.7. The number of rotatable bonds is 6. The molecule has 0 heterocycles. The van der Waals surface area contributed by atoms with Crippen molar-refractivity contribution in [1.82, 2.24) is 0 Å². The second-order valence-corrected chi connectivity index (χ2v) is 3.12. The molecule has 4 heteroatoms. The van der Waals surface area contributed by atoms with E-state index in [1.807, 2.05) is 0 Å². The minimum Gasteiger partial charge on any atom is -0.466 e. The molecule has 0 atom stereocenters. The second-order valence-electron chi connectivity index (χ2n) is 1.89. The van der Waals surface area contributed by atoms with Crippen LogP contribution in [0, 0.1) is 0 Å². The molecule has 0 aliphatic rings. The smallest absolute Gasteiger partial charge is 0.306 e. The highest BCUT2D eigenvalue weighted by molar-refractivity contribution is 7.99. The van der Waals surface area contributed by atoms with E-state index in [2.05, 4.69) is 0 Å². The molecular weight excluding hydrogens is 164 g/mol. The minimum atomic E-state index is -0.155. The van der Waals surface area contributed by atoms with Crippen molar-refractivity contribution in [3.8, 4) is 0 Å². The molecule has 3 nitrogen and oxygen atoms in total. The summed E-state index contributed by atoms with van der Waals surface area (Å²) in [6.45, 7) is 2.41. The van der Waals surface area contributed by atoms with Gasteiger partial charge >= 0.3 is 5.97 Å². The van der Waals surface area contributed by atoms with Crippen molar-refractivity contribution >= 4 is 17.7 Å². The Hall–Kier alpha value is -0.220. The Morgan fingerprint density at radius 3 is 2.82 bits per heavy atom. The number of aliphatic hydroxyl groups excluding tert-OH is 1. The number of aliphatic hydroxyl groups is 1. The van der Waals surface area contributed by atoms with E-state index < -0.39 is 0 Å². The van der Waals surface area contributed by atoms with Gasteiger partial charge in [0.25, 0.3) is 0 Å². The van der Waals surface area contributed by atoms with Crippen LogP contribution in [0.15, 0.2) is 0 Å². The largest absolute Gasteiger partial charge is 0.466 e. The van der Waals surface area contributed by atoms with E-state index in [-0.39, 0.29) is 12.6 Å². The van der Waals surface area contributed by atoms with Gasteiger partial charge in [0.1, 0.15) is 0 Å². The van der Waals surface area contributed by atoms with Crippen LogP contribution < -0.4 is 0 Å². The molecule has 0 saturated carbocycles. The van der Waals surface area contributed by atoms with Gasteiger partial charge in [0.2, 0.25) is 0 Å². The lowest BCUT2D eigenvalue weighted by atomic mass is 10.5. The number of carbonyl (C=O) groups is 1. The first kappa shape index (κ1) is 10.8. The van der Waals surface area contributed by atoms with Crippen molar-refractivity contribution < 1.29 is 14.6 Å². The van der Waals surface area contributed by atoms with Gasteiger partial charge < -0.3 is 9.84 Å².